The average molecular weight is 335 g/mol. The Morgan fingerprint density at radius 1 is 1.04 bits per heavy atom. The summed E-state index contributed by atoms with van der Waals surface area (Å²) in [6, 6.07) is 17.9. The maximum Gasteiger partial charge on any atom is 0.322 e. The highest BCUT2D eigenvalue weighted by Crippen LogP contribution is 2.24. The highest BCUT2D eigenvalue weighted by Gasteiger charge is 2.12. The van der Waals surface area contributed by atoms with Gasteiger partial charge in [0.25, 0.3) is 5.89 Å². The molecule has 6 heteroatoms. The summed E-state index contributed by atoms with van der Waals surface area (Å²) in [4.78, 5) is 13.1. The first-order valence-corrected chi connectivity index (χ1v) is 8.31. The number of hydrogen-bond acceptors (Lipinski definition) is 5. The summed E-state index contributed by atoms with van der Waals surface area (Å²) in [5.74, 6) is 0.220. The van der Waals surface area contributed by atoms with Gasteiger partial charge in [0.05, 0.1) is 11.3 Å². The number of benzene rings is 2. The molecule has 0 radical (unpaired) electrons. The van der Waals surface area contributed by atoms with E-state index in [-0.39, 0.29) is 18.3 Å². The summed E-state index contributed by atoms with van der Waals surface area (Å²) in [5.41, 5.74) is 0.934. The van der Waals surface area contributed by atoms with E-state index < -0.39 is 0 Å². The monoisotopic (exact) mass is 335 g/mol. The molecule has 1 N–H and O–H groups in total. The molecule has 24 heavy (non-hydrogen) atoms. The lowest BCUT2D eigenvalue weighted by Gasteiger charge is -2.03. The molecule has 0 aliphatic heterocycles. The van der Waals surface area contributed by atoms with Crippen molar-refractivity contribution in [2.24, 2.45) is 0 Å². The van der Waals surface area contributed by atoms with Crippen molar-refractivity contribution >= 4 is 34.0 Å². The van der Waals surface area contributed by atoms with Crippen molar-refractivity contribution in [3.8, 4) is 10.8 Å². The molecular formula is C18H13N3O2S. The topological polar surface area (TPSA) is 68.0 Å². The predicted octanol–water partition coefficient (Wildman–Crippen LogP) is 4.13. The minimum Gasteiger partial charge on any atom is -0.402 e. The summed E-state index contributed by atoms with van der Waals surface area (Å²) in [5, 5.41) is 14.6. The number of rotatable bonds is 4. The second kappa shape index (κ2) is 6.25. The molecule has 0 aliphatic carbocycles. The van der Waals surface area contributed by atoms with E-state index in [1.807, 2.05) is 60.0 Å². The van der Waals surface area contributed by atoms with Crippen molar-refractivity contribution in [1.29, 1.82) is 0 Å². The second-order valence-electron chi connectivity index (χ2n) is 5.30. The van der Waals surface area contributed by atoms with E-state index in [2.05, 4.69) is 15.5 Å². The number of amides is 1. The lowest BCUT2D eigenvalue weighted by molar-refractivity contribution is -0.115. The zero-order valence-corrected chi connectivity index (χ0v) is 13.4. The van der Waals surface area contributed by atoms with Gasteiger partial charge in [-0.25, -0.2) is 0 Å². The van der Waals surface area contributed by atoms with Gasteiger partial charge in [-0.05, 0) is 27.8 Å². The van der Waals surface area contributed by atoms with E-state index >= 15 is 0 Å². The van der Waals surface area contributed by atoms with Gasteiger partial charge in [0.2, 0.25) is 5.91 Å². The standard InChI is InChI=1S/C18H13N3O2S/c22-16(11-12-7-8-13-4-1-2-5-14(13)10-12)19-18-21-20-17(23-18)15-6-3-9-24-15/h1-10H,11H2,(H,19,21,22). The molecule has 0 saturated carbocycles. The van der Waals surface area contributed by atoms with Crippen LogP contribution in [0.1, 0.15) is 5.56 Å². The summed E-state index contributed by atoms with van der Waals surface area (Å²) in [6.07, 6.45) is 0.252. The molecule has 2 aromatic carbocycles. The minimum absolute atomic E-state index is 0.115. The number of carbonyl (C=O) groups excluding carboxylic acids is 1. The first-order chi connectivity index (χ1) is 11.8. The number of carbonyl (C=O) groups is 1. The van der Waals surface area contributed by atoms with Crippen LogP contribution in [0.4, 0.5) is 6.01 Å². The Morgan fingerprint density at radius 3 is 2.75 bits per heavy atom. The first kappa shape index (κ1) is 14.6. The third kappa shape index (κ3) is 3.04. The number of nitrogens with one attached hydrogen (secondary N) is 1. The third-order valence-electron chi connectivity index (χ3n) is 3.58. The molecule has 0 bridgehead atoms. The van der Waals surface area contributed by atoms with E-state index in [1.54, 1.807) is 0 Å². The predicted molar refractivity (Wildman–Crippen MR) is 93.9 cm³/mol. The van der Waals surface area contributed by atoms with Crippen molar-refractivity contribution in [2.75, 3.05) is 5.32 Å². The second-order valence-corrected chi connectivity index (χ2v) is 6.24. The summed E-state index contributed by atoms with van der Waals surface area (Å²) in [7, 11) is 0. The average Bonchev–Trinajstić information content (AvgIpc) is 3.26. The van der Waals surface area contributed by atoms with Gasteiger partial charge in [0, 0.05) is 0 Å². The highest BCUT2D eigenvalue weighted by atomic mass is 32.1. The van der Waals surface area contributed by atoms with E-state index in [0.717, 1.165) is 21.2 Å². The molecule has 0 unspecified atom stereocenters. The fraction of sp³-hybridized carbons (Fsp3) is 0.0556. The van der Waals surface area contributed by atoms with Crippen molar-refractivity contribution in [2.45, 2.75) is 6.42 Å². The van der Waals surface area contributed by atoms with Crippen LogP contribution in [0, 0.1) is 0 Å². The van der Waals surface area contributed by atoms with Gasteiger partial charge < -0.3 is 4.42 Å². The Kier molecular flexibility index (Phi) is 3.80. The lowest BCUT2D eigenvalue weighted by Crippen LogP contribution is -2.14. The summed E-state index contributed by atoms with van der Waals surface area (Å²) < 4.78 is 5.46. The maximum absolute atomic E-state index is 12.2. The normalized spacial score (nSPS) is 10.8. The molecule has 2 heterocycles. The molecular weight excluding hydrogens is 322 g/mol. The van der Waals surface area contributed by atoms with Gasteiger partial charge in [0.15, 0.2) is 0 Å². The number of nitrogens with zero attached hydrogens (tertiary/aromatic N) is 2. The number of anilines is 1. The Hall–Kier alpha value is -2.99. The van der Waals surface area contributed by atoms with Gasteiger partial charge in [-0.2, -0.15) is 0 Å². The van der Waals surface area contributed by atoms with Crippen LogP contribution in [0.2, 0.25) is 0 Å². The van der Waals surface area contributed by atoms with Crippen LogP contribution in [-0.2, 0) is 11.2 Å². The van der Waals surface area contributed by atoms with Gasteiger partial charge in [-0.3, -0.25) is 10.1 Å². The van der Waals surface area contributed by atoms with Crippen LogP contribution >= 0.6 is 11.3 Å². The fourth-order valence-electron chi connectivity index (χ4n) is 2.47. The van der Waals surface area contributed by atoms with Crippen molar-refractivity contribution in [3.05, 3.63) is 65.5 Å². The number of hydrogen-bond donors (Lipinski definition) is 1. The lowest BCUT2D eigenvalue weighted by atomic mass is 10.1. The van der Waals surface area contributed by atoms with Crippen LogP contribution in [0.3, 0.4) is 0 Å². The van der Waals surface area contributed by atoms with Crippen LogP contribution in [0.25, 0.3) is 21.5 Å². The summed E-state index contributed by atoms with van der Waals surface area (Å²) in [6.45, 7) is 0. The van der Waals surface area contributed by atoms with Crippen LogP contribution in [0.5, 0.6) is 0 Å². The van der Waals surface area contributed by atoms with E-state index in [0.29, 0.717) is 5.89 Å². The Bertz CT molecular complexity index is 992. The van der Waals surface area contributed by atoms with E-state index in [1.165, 1.54) is 11.3 Å². The molecule has 4 rings (SSSR count). The molecule has 2 aromatic heterocycles. The number of fused-ring (bicyclic) bond motifs is 1. The van der Waals surface area contributed by atoms with Crippen molar-refractivity contribution in [3.63, 3.8) is 0 Å². The van der Waals surface area contributed by atoms with E-state index in [4.69, 9.17) is 4.42 Å². The fourth-order valence-corrected chi connectivity index (χ4v) is 3.12. The van der Waals surface area contributed by atoms with Crippen molar-refractivity contribution in [1.82, 2.24) is 10.2 Å². The van der Waals surface area contributed by atoms with Gasteiger partial charge in [-0.15, -0.1) is 16.4 Å². The minimum atomic E-state index is -0.188. The maximum atomic E-state index is 12.2. The zero-order valence-electron chi connectivity index (χ0n) is 12.6. The van der Waals surface area contributed by atoms with Gasteiger partial charge in [-0.1, -0.05) is 53.6 Å². The Balaban J connectivity index is 1.46. The largest absolute Gasteiger partial charge is 0.402 e. The summed E-state index contributed by atoms with van der Waals surface area (Å²) >= 11 is 1.50. The van der Waals surface area contributed by atoms with Crippen LogP contribution in [-0.4, -0.2) is 16.1 Å². The zero-order chi connectivity index (χ0) is 16.4. The number of aromatic nitrogens is 2. The quantitative estimate of drug-likeness (QED) is 0.609. The van der Waals surface area contributed by atoms with Crippen molar-refractivity contribution < 1.29 is 9.21 Å². The Labute approximate surface area is 142 Å². The number of thiophene rings is 1. The molecule has 0 fully saturated rings. The molecule has 4 aromatic rings. The smallest absolute Gasteiger partial charge is 0.322 e. The molecule has 0 atom stereocenters. The molecule has 1 amide bonds. The first-order valence-electron chi connectivity index (χ1n) is 7.43. The van der Waals surface area contributed by atoms with Crippen LogP contribution < -0.4 is 5.32 Å². The van der Waals surface area contributed by atoms with Gasteiger partial charge in [0.1, 0.15) is 0 Å². The van der Waals surface area contributed by atoms with Crippen LogP contribution in [0.15, 0.2) is 64.4 Å². The SMILES string of the molecule is O=C(Cc1ccc2ccccc2c1)Nc1nnc(-c2cccs2)o1. The highest BCUT2D eigenvalue weighted by molar-refractivity contribution is 7.13. The molecule has 5 nitrogen and oxygen atoms in total. The van der Waals surface area contributed by atoms with Gasteiger partial charge >= 0.3 is 6.01 Å². The molecule has 0 aliphatic rings. The molecule has 0 saturated heterocycles. The third-order valence-corrected chi connectivity index (χ3v) is 4.44. The Morgan fingerprint density at radius 2 is 1.92 bits per heavy atom. The molecule has 0 spiro atoms. The van der Waals surface area contributed by atoms with E-state index in [9.17, 15) is 4.79 Å². The molecule has 118 valence electrons.